The van der Waals surface area contributed by atoms with E-state index in [0.29, 0.717) is 5.69 Å². The molecule has 0 saturated carbocycles. The Hall–Kier alpha value is -3.01. The van der Waals surface area contributed by atoms with Crippen LogP contribution in [0, 0.1) is 0 Å². The Kier molecular flexibility index (Phi) is 3.69. The van der Waals surface area contributed by atoms with E-state index in [-0.39, 0.29) is 5.95 Å². The van der Waals surface area contributed by atoms with Crippen LogP contribution in [0.1, 0.15) is 11.3 Å². The molecule has 0 amide bonds. The first-order valence-corrected chi connectivity index (χ1v) is 6.62. The molecule has 2 N–H and O–H groups in total. The molecule has 0 aliphatic rings. The molecule has 1 aromatic heterocycles. The quantitative estimate of drug-likeness (QED) is 0.796. The number of hydrogen-bond acceptors (Lipinski definition) is 4. The first kappa shape index (κ1) is 13.0. The van der Waals surface area contributed by atoms with E-state index in [0.717, 1.165) is 16.8 Å². The van der Waals surface area contributed by atoms with Crippen LogP contribution in [0.4, 0.5) is 5.95 Å². The fourth-order valence-electron chi connectivity index (χ4n) is 2.01. The lowest BCUT2D eigenvalue weighted by molar-refractivity contribution is 0.978. The maximum Gasteiger partial charge on any atom is 0.240 e. The molecule has 102 valence electrons. The topological polar surface area (TPSA) is 64.7 Å². The van der Waals surface area contributed by atoms with Gasteiger partial charge in [0, 0.05) is 5.56 Å². The highest BCUT2D eigenvalue weighted by molar-refractivity contribution is 5.76. The van der Waals surface area contributed by atoms with Crippen molar-refractivity contribution in [3.63, 3.8) is 0 Å². The van der Waals surface area contributed by atoms with E-state index in [9.17, 15) is 0 Å². The van der Waals surface area contributed by atoms with Crippen molar-refractivity contribution in [2.45, 2.75) is 0 Å². The van der Waals surface area contributed by atoms with Crippen molar-refractivity contribution in [2.24, 2.45) is 0 Å². The second-order valence-electron chi connectivity index (χ2n) is 4.51. The van der Waals surface area contributed by atoms with Crippen LogP contribution in [-0.2, 0) is 0 Å². The van der Waals surface area contributed by atoms with Crippen molar-refractivity contribution in [1.29, 1.82) is 0 Å². The zero-order valence-electron chi connectivity index (χ0n) is 11.3. The second kappa shape index (κ2) is 5.96. The molecule has 0 radical (unpaired) electrons. The van der Waals surface area contributed by atoms with Gasteiger partial charge in [-0.1, -0.05) is 66.7 Å². The molecule has 21 heavy (non-hydrogen) atoms. The molecule has 3 rings (SSSR count). The van der Waals surface area contributed by atoms with E-state index >= 15 is 0 Å². The molecule has 4 nitrogen and oxygen atoms in total. The first-order chi connectivity index (χ1) is 10.3. The highest BCUT2D eigenvalue weighted by Crippen LogP contribution is 2.21. The standard InChI is InChI=1S/C17H14N4/c18-17-19-16(14-9-5-2-6-10-14)15(20-21-17)12-11-13-7-3-1-4-8-13/h1-12H,(H2,18,19,21). The summed E-state index contributed by atoms with van der Waals surface area (Å²) in [5.74, 6) is 0.172. The fraction of sp³-hybridized carbons (Fsp3) is 0. The zero-order valence-corrected chi connectivity index (χ0v) is 11.3. The van der Waals surface area contributed by atoms with E-state index < -0.39 is 0 Å². The summed E-state index contributed by atoms with van der Waals surface area (Å²) in [5.41, 5.74) is 9.15. The predicted molar refractivity (Wildman–Crippen MR) is 85.0 cm³/mol. The van der Waals surface area contributed by atoms with Crippen LogP contribution in [0.2, 0.25) is 0 Å². The number of rotatable bonds is 3. The van der Waals surface area contributed by atoms with Gasteiger partial charge in [0.05, 0.1) is 0 Å². The van der Waals surface area contributed by atoms with Crippen molar-refractivity contribution in [2.75, 3.05) is 5.73 Å². The average molecular weight is 274 g/mol. The van der Waals surface area contributed by atoms with E-state index in [4.69, 9.17) is 5.73 Å². The molecule has 0 fully saturated rings. The molecule has 0 bridgehead atoms. The Morgan fingerprint density at radius 1 is 0.762 bits per heavy atom. The van der Waals surface area contributed by atoms with Crippen molar-refractivity contribution < 1.29 is 0 Å². The largest absolute Gasteiger partial charge is 0.366 e. The molecular weight excluding hydrogens is 260 g/mol. The zero-order chi connectivity index (χ0) is 14.5. The van der Waals surface area contributed by atoms with E-state index in [1.807, 2.05) is 72.8 Å². The van der Waals surface area contributed by atoms with Crippen LogP contribution in [0.25, 0.3) is 23.4 Å². The molecule has 0 atom stereocenters. The minimum Gasteiger partial charge on any atom is -0.366 e. The predicted octanol–water partition coefficient (Wildman–Crippen LogP) is 3.29. The van der Waals surface area contributed by atoms with Gasteiger partial charge < -0.3 is 5.73 Å². The summed E-state index contributed by atoms with van der Waals surface area (Å²) < 4.78 is 0. The molecule has 3 aromatic rings. The van der Waals surface area contributed by atoms with Gasteiger partial charge >= 0.3 is 0 Å². The Morgan fingerprint density at radius 3 is 2.14 bits per heavy atom. The third kappa shape index (κ3) is 3.12. The van der Waals surface area contributed by atoms with Gasteiger partial charge in [-0.05, 0) is 11.6 Å². The first-order valence-electron chi connectivity index (χ1n) is 6.62. The molecule has 0 unspecified atom stereocenters. The molecule has 1 heterocycles. The Labute approximate surface area is 123 Å². The van der Waals surface area contributed by atoms with Crippen LogP contribution in [0.5, 0.6) is 0 Å². The van der Waals surface area contributed by atoms with Crippen LogP contribution in [0.3, 0.4) is 0 Å². The Morgan fingerprint density at radius 2 is 1.43 bits per heavy atom. The lowest BCUT2D eigenvalue weighted by atomic mass is 10.1. The van der Waals surface area contributed by atoms with Crippen molar-refractivity contribution in [1.82, 2.24) is 15.2 Å². The average Bonchev–Trinajstić information content (AvgIpc) is 2.55. The van der Waals surface area contributed by atoms with Gasteiger partial charge in [-0.25, -0.2) is 4.98 Å². The van der Waals surface area contributed by atoms with Crippen molar-refractivity contribution in [3.8, 4) is 11.3 Å². The molecule has 0 aliphatic heterocycles. The minimum atomic E-state index is 0.172. The SMILES string of the molecule is Nc1nnc(C=Cc2ccccc2)c(-c2ccccc2)n1. The summed E-state index contributed by atoms with van der Waals surface area (Å²) in [5, 5.41) is 7.99. The van der Waals surface area contributed by atoms with E-state index in [1.54, 1.807) is 0 Å². The number of nitrogens with two attached hydrogens (primary N) is 1. The monoisotopic (exact) mass is 274 g/mol. The smallest absolute Gasteiger partial charge is 0.240 e. The molecular formula is C17H14N4. The molecule has 4 heteroatoms. The molecule has 0 aliphatic carbocycles. The highest BCUT2D eigenvalue weighted by atomic mass is 15.2. The summed E-state index contributed by atoms with van der Waals surface area (Å²) in [6.07, 6.45) is 3.88. The van der Waals surface area contributed by atoms with Gasteiger partial charge in [-0.2, -0.15) is 0 Å². The highest BCUT2D eigenvalue weighted by Gasteiger charge is 2.07. The van der Waals surface area contributed by atoms with Crippen molar-refractivity contribution >= 4 is 18.1 Å². The maximum absolute atomic E-state index is 5.66. The number of hydrogen-bond donors (Lipinski definition) is 1. The number of anilines is 1. The van der Waals surface area contributed by atoms with Gasteiger partial charge in [0.2, 0.25) is 5.95 Å². The van der Waals surface area contributed by atoms with E-state index in [1.165, 1.54) is 0 Å². The van der Waals surface area contributed by atoms with Gasteiger partial charge in [0.15, 0.2) is 0 Å². The number of benzene rings is 2. The molecule has 2 aromatic carbocycles. The van der Waals surface area contributed by atoms with Crippen LogP contribution in [0.15, 0.2) is 60.7 Å². The van der Waals surface area contributed by atoms with Gasteiger partial charge in [0.1, 0.15) is 11.4 Å². The van der Waals surface area contributed by atoms with Crippen LogP contribution < -0.4 is 5.73 Å². The maximum atomic E-state index is 5.66. The van der Waals surface area contributed by atoms with Gasteiger partial charge in [-0.15, -0.1) is 10.2 Å². The van der Waals surface area contributed by atoms with Crippen molar-refractivity contribution in [3.05, 3.63) is 71.9 Å². The van der Waals surface area contributed by atoms with Crippen LogP contribution >= 0.6 is 0 Å². The second-order valence-corrected chi connectivity index (χ2v) is 4.51. The van der Waals surface area contributed by atoms with Gasteiger partial charge in [0.25, 0.3) is 0 Å². The van der Waals surface area contributed by atoms with Gasteiger partial charge in [-0.3, -0.25) is 0 Å². The third-order valence-corrected chi connectivity index (χ3v) is 3.01. The minimum absolute atomic E-state index is 0.172. The Bertz CT molecular complexity index is 752. The summed E-state index contributed by atoms with van der Waals surface area (Å²) in [6, 6.07) is 19.8. The normalized spacial score (nSPS) is 10.9. The lowest BCUT2D eigenvalue weighted by Crippen LogP contribution is -2.02. The summed E-state index contributed by atoms with van der Waals surface area (Å²) in [6.45, 7) is 0. The lowest BCUT2D eigenvalue weighted by Gasteiger charge is -2.04. The molecule has 0 saturated heterocycles. The number of aromatic nitrogens is 3. The third-order valence-electron chi connectivity index (χ3n) is 3.01. The Balaban J connectivity index is 2.01. The fourth-order valence-corrected chi connectivity index (χ4v) is 2.01. The van der Waals surface area contributed by atoms with E-state index in [2.05, 4.69) is 15.2 Å². The van der Waals surface area contributed by atoms with Crippen LogP contribution in [-0.4, -0.2) is 15.2 Å². The summed E-state index contributed by atoms with van der Waals surface area (Å²) >= 11 is 0. The summed E-state index contributed by atoms with van der Waals surface area (Å²) in [7, 11) is 0. The summed E-state index contributed by atoms with van der Waals surface area (Å²) in [4.78, 5) is 4.31. The number of nitrogen functional groups attached to an aromatic ring is 1. The number of nitrogens with zero attached hydrogens (tertiary/aromatic N) is 3. The molecule has 0 spiro atoms.